The lowest BCUT2D eigenvalue weighted by Gasteiger charge is -2.06. The Bertz CT molecular complexity index is 2710. The van der Waals surface area contributed by atoms with Crippen molar-refractivity contribution in [3.05, 3.63) is 117 Å². The molecule has 0 aliphatic heterocycles. The van der Waals surface area contributed by atoms with Crippen LogP contribution in [-0.2, 0) is 37.3 Å². The van der Waals surface area contributed by atoms with Crippen LogP contribution in [0.15, 0.2) is 92.3 Å². The van der Waals surface area contributed by atoms with Gasteiger partial charge < -0.3 is 17.9 Å². The van der Waals surface area contributed by atoms with Crippen LogP contribution in [0.3, 0.4) is 0 Å². The fraction of sp³-hybridized carbons (Fsp3) is 0.235. The first-order valence-electron chi connectivity index (χ1n) is 16.6. The Morgan fingerprint density at radius 3 is 1.35 bits per heavy atom. The molecule has 0 bridgehead atoms. The average molecular weight is 771 g/mol. The second-order valence-electron chi connectivity index (χ2n) is 12.2. The predicted molar refractivity (Wildman–Crippen MR) is 190 cm³/mol. The van der Waals surface area contributed by atoms with E-state index in [1.807, 2.05) is 66.1 Å². The van der Waals surface area contributed by atoms with Gasteiger partial charge >= 0.3 is 11.3 Å². The van der Waals surface area contributed by atoms with Crippen LogP contribution in [0, 0.1) is 13.8 Å². The van der Waals surface area contributed by atoms with Gasteiger partial charge in [0.1, 0.15) is 11.2 Å². The minimum atomic E-state index is -5.17. The van der Waals surface area contributed by atoms with Gasteiger partial charge in [-0.3, -0.25) is 8.42 Å². The first-order chi connectivity index (χ1) is 26.1. The lowest BCUT2D eigenvalue weighted by atomic mass is 10.2. The molecule has 6 aromatic heterocycles. The number of hydrogen-bond donors (Lipinski definition) is 0. The summed E-state index contributed by atoms with van der Waals surface area (Å²) in [6, 6.07) is 14.6. The zero-order valence-electron chi connectivity index (χ0n) is 30.4. The van der Waals surface area contributed by atoms with Gasteiger partial charge in [0, 0.05) is 43.5 Å². The third-order valence-electron chi connectivity index (χ3n) is 8.08. The van der Waals surface area contributed by atoms with Crippen molar-refractivity contribution < 1.29 is 35.5 Å². The minimum Gasteiger partial charge on any atom is -0.759 e. The molecular weight excluding hydrogens is 737 g/mol. The summed E-state index contributed by atoms with van der Waals surface area (Å²) in [5.74, 6) is 0. The molecule has 0 aliphatic carbocycles. The summed E-state index contributed by atoms with van der Waals surface area (Å²) in [7, 11) is -1.50. The topological polar surface area (TPSA) is 246 Å². The first-order valence-corrected chi connectivity index (χ1v) is 17.9. The summed E-state index contributed by atoms with van der Waals surface area (Å²) in [6.07, 6.45) is 8.27. The standard InChI is InChI=1S/2C17H17N6O2.H2O4S/c2*1-4-14-11(2)19-23(20-14)13-6-5-12-7-15(17(24)25-16(12)8-13)22-10-21(3)9-18-22;1-5(2,3)4/h2*5-10H,4H2,1-3H3;(H2,1,2,3,4)/q2*+1;/p-2. The van der Waals surface area contributed by atoms with Gasteiger partial charge in [-0.25, -0.2) is 18.7 Å². The Morgan fingerprint density at radius 1 is 0.655 bits per heavy atom. The minimum absolute atomic E-state index is 0.363. The third kappa shape index (κ3) is 8.75. The fourth-order valence-corrected chi connectivity index (χ4v) is 5.44. The van der Waals surface area contributed by atoms with E-state index in [1.165, 1.54) is 9.36 Å². The maximum Gasteiger partial charge on any atom is 0.379 e. The van der Waals surface area contributed by atoms with Crippen molar-refractivity contribution in [1.82, 2.24) is 49.5 Å². The molecule has 0 unspecified atom stereocenters. The van der Waals surface area contributed by atoms with Crippen molar-refractivity contribution in [3.63, 3.8) is 0 Å². The van der Waals surface area contributed by atoms with Crippen molar-refractivity contribution in [3.8, 4) is 22.7 Å². The SMILES string of the molecule is CCc1nn(-c2ccc3cc(-n4c[n+](C)cn4)c(=O)oc3c2)nc1C.CCc1nn(-c2ccc3cc(-n4c[n+](C)cn4)c(=O)oc3c2)nc1C.O=S(=O)([O-])[O-]. The lowest BCUT2D eigenvalue weighted by molar-refractivity contribution is -0.672. The Labute approximate surface area is 311 Å². The zero-order valence-corrected chi connectivity index (χ0v) is 31.2. The fourth-order valence-electron chi connectivity index (χ4n) is 5.44. The van der Waals surface area contributed by atoms with E-state index in [9.17, 15) is 9.59 Å². The molecule has 0 aliphatic rings. The highest BCUT2D eigenvalue weighted by Crippen LogP contribution is 2.21. The molecule has 0 amide bonds. The molecular formula is C34H34N12O8S. The van der Waals surface area contributed by atoms with Crippen LogP contribution in [0.1, 0.15) is 36.6 Å². The summed E-state index contributed by atoms with van der Waals surface area (Å²) in [4.78, 5) is 27.8. The molecule has 2 aromatic carbocycles. The Kier molecular flexibility index (Phi) is 10.6. The molecule has 8 rings (SSSR count). The second kappa shape index (κ2) is 15.3. The van der Waals surface area contributed by atoms with E-state index in [-0.39, 0.29) is 0 Å². The molecule has 0 radical (unpaired) electrons. The summed E-state index contributed by atoms with van der Waals surface area (Å²) in [6.45, 7) is 7.94. The van der Waals surface area contributed by atoms with Crippen LogP contribution in [0.2, 0.25) is 0 Å². The molecule has 0 saturated carbocycles. The van der Waals surface area contributed by atoms with Crippen molar-refractivity contribution >= 4 is 32.3 Å². The van der Waals surface area contributed by atoms with Gasteiger partial charge in [-0.2, -0.15) is 30.0 Å². The Morgan fingerprint density at radius 2 is 1.04 bits per heavy atom. The molecule has 0 fully saturated rings. The molecule has 284 valence electrons. The van der Waals surface area contributed by atoms with Crippen LogP contribution >= 0.6 is 0 Å². The predicted octanol–water partition coefficient (Wildman–Crippen LogP) is 1.17. The summed E-state index contributed by atoms with van der Waals surface area (Å²) < 4.78 is 51.5. The van der Waals surface area contributed by atoms with E-state index in [4.69, 9.17) is 26.4 Å². The molecule has 0 spiro atoms. The second-order valence-corrected chi connectivity index (χ2v) is 13.0. The van der Waals surface area contributed by atoms with Crippen molar-refractivity contribution in [2.24, 2.45) is 14.1 Å². The Balaban J connectivity index is 0.000000167. The number of fused-ring (bicyclic) bond motifs is 2. The van der Waals surface area contributed by atoms with Crippen molar-refractivity contribution in [1.29, 1.82) is 0 Å². The van der Waals surface area contributed by atoms with Gasteiger partial charge in [0.05, 0.1) is 48.2 Å². The van der Waals surface area contributed by atoms with E-state index in [1.54, 1.807) is 68.3 Å². The average Bonchev–Trinajstić information content (AvgIpc) is 3.94. The molecule has 8 aromatic rings. The smallest absolute Gasteiger partial charge is 0.379 e. The van der Waals surface area contributed by atoms with E-state index in [0.717, 1.165) is 57.8 Å². The van der Waals surface area contributed by atoms with Crippen molar-refractivity contribution in [2.45, 2.75) is 40.5 Å². The number of rotatable bonds is 6. The zero-order chi connectivity index (χ0) is 39.6. The van der Waals surface area contributed by atoms with Gasteiger partial charge in [0.15, 0.2) is 0 Å². The highest BCUT2D eigenvalue weighted by atomic mass is 32.3. The maximum absolute atomic E-state index is 12.3. The largest absolute Gasteiger partial charge is 0.759 e. The first kappa shape index (κ1) is 38.0. The van der Waals surface area contributed by atoms with E-state index < -0.39 is 21.7 Å². The number of hydrogen-bond acceptors (Lipinski definition) is 14. The van der Waals surface area contributed by atoms with Crippen LogP contribution in [0.5, 0.6) is 0 Å². The van der Waals surface area contributed by atoms with Crippen LogP contribution in [0.25, 0.3) is 44.7 Å². The maximum atomic E-state index is 12.3. The van der Waals surface area contributed by atoms with Crippen molar-refractivity contribution in [2.75, 3.05) is 0 Å². The van der Waals surface area contributed by atoms with Gasteiger partial charge in [-0.1, -0.05) is 23.2 Å². The molecule has 0 N–H and O–H groups in total. The Hall–Kier alpha value is -6.71. The lowest BCUT2D eigenvalue weighted by Crippen LogP contribution is -2.24. The van der Waals surface area contributed by atoms with Gasteiger partial charge in [-0.15, -0.1) is 0 Å². The van der Waals surface area contributed by atoms with Crippen LogP contribution < -0.4 is 20.4 Å². The molecule has 6 heterocycles. The van der Waals surface area contributed by atoms with Crippen LogP contribution in [0.4, 0.5) is 0 Å². The van der Waals surface area contributed by atoms with E-state index >= 15 is 0 Å². The molecule has 55 heavy (non-hydrogen) atoms. The van der Waals surface area contributed by atoms with E-state index in [0.29, 0.717) is 22.5 Å². The molecule has 20 nitrogen and oxygen atoms in total. The molecule has 0 atom stereocenters. The number of aromatic nitrogens is 12. The number of benzene rings is 2. The molecule has 0 saturated heterocycles. The summed E-state index contributed by atoms with van der Waals surface area (Å²) in [5, 5.41) is 27.6. The molecule has 21 heteroatoms. The number of aryl methyl sites for hydroxylation is 6. The summed E-state index contributed by atoms with van der Waals surface area (Å²) in [5.41, 5.74) is 5.97. The highest BCUT2D eigenvalue weighted by molar-refractivity contribution is 7.79. The highest BCUT2D eigenvalue weighted by Gasteiger charge is 2.17. The van der Waals surface area contributed by atoms with Gasteiger partial charge in [0.25, 0.3) is 12.7 Å². The normalized spacial score (nSPS) is 11.3. The number of nitrogens with zero attached hydrogens (tertiary/aromatic N) is 12. The van der Waals surface area contributed by atoms with Crippen LogP contribution in [-0.4, -0.2) is 67.1 Å². The summed E-state index contributed by atoms with van der Waals surface area (Å²) >= 11 is 0. The quantitative estimate of drug-likeness (QED) is 0.0998. The van der Waals surface area contributed by atoms with Gasteiger partial charge in [-0.05, 0) is 63.1 Å². The van der Waals surface area contributed by atoms with Gasteiger partial charge in [0.2, 0.25) is 24.0 Å². The monoisotopic (exact) mass is 770 g/mol. The van der Waals surface area contributed by atoms with E-state index in [2.05, 4.69) is 30.6 Å². The third-order valence-corrected chi connectivity index (χ3v) is 8.08.